The van der Waals surface area contributed by atoms with Crippen LogP contribution in [0.25, 0.3) is 11.4 Å². The molecule has 0 unspecified atom stereocenters. The number of hydrogen-bond donors (Lipinski definition) is 0. The van der Waals surface area contributed by atoms with Crippen molar-refractivity contribution in [1.29, 1.82) is 0 Å². The summed E-state index contributed by atoms with van der Waals surface area (Å²) in [6.07, 6.45) is 0. The predicted molar refractivity (Wildman–Crippen MR) is 87.2 cm³/mol. The van der Waals surface area contributed by atoms with E-state index in [1.54, 1.807) is 30.1 Å². The van der Waals surface area contributed by atoms with Gasteiger partial charge >= 0.3 is 5.76 Å². The highest BCUT2D eigenvalue weighted by molar-refractivity contribution is 5.76. The molecule has 1 aromatic heterocycles. The second-order valence-electron chi connectivity index (χ2n) is 5.53. The minimum atomic E-state index is -0.690. The van der Waals surface area contributed by atoms with Gasteiger partial charge in [0.05, 0.1) is 14.2 Å². The highest BCUT2D eigenvalue weighted by Gasteiger charge is 2.20. The topological polar surface area (TPSA) is 86.8 Å². The van der Waals surface area contributed by atoms with Crippen molar-refractivity contribution in [1.82, 2.24) is 14.6 Å². The van der Waals surface area contributed by atoms with E-state index in [2.05, 4.69) is 5.16 Å². The summed E-state index contributed by atoms with van der Waals surface area (Å²) in [7, 11) is 4.73. The number of methoxy groups -OCH3 is 2. The number of benzene rings is 1. The van der Waals surface area contributed by atoms with E-state index in [-0.39, 0.29) is 24.3 Å². The van der Waals surface area contributed by atoms with Gasteiger partial charge in [0, 0.05) is 18.7 Å². The molecule has 2 aromatic rings. The van der Waals surface area contributed by atoms with Gasteiger partial charge in [-0.15, -0.1) is 0 Å². The average molecular weight is 335 g/mol. The summed E-state index contributed by atoms with van der Waals surface area (Å²) in [4.78, 5) is 25.7. The van der Waals surface area contributed by atoms with Crippen LogP contribution < -0.4 is 15.2 Å². The van der Waals surface area contributed by atoms with Gasteiger partial charge in [0.2, 0.25) is 5.91 Å². The highest BCUT2D eigenvalue weighted by Crippen LogP contribution is 2.31. The van der Waals surface area contributed by atoms with Gasteiger partial charge in [-0.25, -0.2) is 9.36 Å². The third-order valence-corrected chi connectivity index (χ3v) is 3.79. The number of amides is 1. The molecule has 1 heterocycles. The molecule has 0 saturated carbocycles. The second kappa shape index (κ2) is 7.20. The highest BCUT2D eigenvalue weighted by atomic mass is 16.5. The van der Waals surface area contributed by atoms with Crippen molar-refractivity contribution in [2.24, 2.45) is 0 Å². The number of hydrogen-bond acceptors (Lipinski definition) is 6. The number of carbonyl (C=O) groups excluding carboxylic acids is 1. The van der Waals surface area contributed by atoms with E-state index in [1.165, 1.54) is 18.8 Å². The first-order valence-electron chi connectivity index (χ1n) is 7.43. The van der Waals surface area contributed by atoms with Crippen molar-refractivity contribution in [2.45, 2.75) is 26.4 Å². The summed E-state index contributed by atoms with van der Waals surface area (Å²) in [5.74, 6) is 0.394. The van der Waals surface area contributed by atoms with E-state index in [0.29, 0.717) is 17.1 Å². The zero-order chi connectivity index (χ0) is 17.9. The molecule has 0 aliphatic carbocycles. The molecule has 0 N–H and O–H groups in total. The van der Waals surface area contributed by atoms with Crippen molar-refractivity contribution in [3.05, 3.63) is 28.7 Å². The maximum atomic E-state index is 12.3. The zero-order valence-corrected chi connectivity index (χ0v) is 14.4. The number of rotatable bonds is 6. The Labute approximate surface area is 139 Å². The minimum absolute atomic E-state index is 0.0255. The number of carbonyl (C=O) groups is 1. The SMILES string of the molecule is COc1ccc(-c2noc(=O)n2CC(=O)N(C)C(C)C)cc1OC. The van der Waals surface area contributed by atoms with Crippen molar-refractivity contribution in [3.63, 3.8) is 0 Å². The fourth-order valence-corrected chi connectivity index (χ4v) is 2.13. The van der Waals surface area contributed by atoms with E-state index < -0.39 is 5.76 Å². The molecule has 24 heavy (non-hydrogen) atoms. The van der Waals surface area contributed by atoms with Gasteiger partial charge in [-0.05, 0) is 32.0 Å². The van der Waals surface area contributed by atoms with Crippen molar-refractivity contribution < 1.29 is 18.8 Å². The standard InChI is InChI=1S/C16H21N3O5/c1-10(2)18(3)14(20)9-19-15(17-24-16(19)21)11-6-7-12(22-4)13(8-11)23-5/h6-8,10H,9H2,1-5H3. The largest absolute Gasteiger partial charge is 0.493 e. The van der Waals surface area contributed by atoms with Gasteiger partial charge in [0.25, 0.3) is 0 Å². The van der Waals surface area contributed by atoms with Gasteiger partial charge < -0.3 is 14.4 Å². The molecule has 8 nitrogen and oxygen atoms in total. The van der Waals surface area contributed by atoms with Crippen LogP contribution in [0.2, 0.25) is 0 Å². The van der Waals surface area contributed by atoms with E-state index in [0.717, 1.165) is 0 Å². The molecular weight excluding hydrogens is 314 g/mol. The normalized spacial score (nSPS) is 10.8. The van der Waals surface area contributed by atoms with Crippen LogP contribution >= 0.6 is 0 Å². The Morgan fingerprint density at radius 1 is 1.29 bits per heavy atom. The Hall–Kier alpha value is -2.77. The van der Waals surface area contributed by atoms with E-state index in [4.69, 9.17) is 14.0 Å². The van der Waals surface area contributed by atoms with Crippen LogP contribution in [0.15, 0.2) is 27.5 Å². The fourth-order valence-electron chi connectivity index (χ4n) is 2.13. The van der Waals surface area contributed by atoms with Crippen LogP contribution in [0.5, 0.6) is 11.5 Å². The maximum Gasteiger partial charge on any atom is 0.442 e. The van der Waals surface area contributed by atoms with Crippen molar-refractivity contribution in [3.8, 4) is 22.9 Å². The lowest BCUT2D eigenvalue weighted by Crippen LogP contribution is -2.37. The molecule has 0 bridgehead atoms. The summed E-state index contributed by atoms with van der Waals surface area (Å²) in [6.45, 7) is 3.63. The Bertz CT molecular complexity index is 778. The molecule has 130 valence electrons. The van der Waals surface area contributed by atoms with E-state index >= 15 is 0 Å². The van der Waals surface area contributed by atoms with Crippen molar-refractivity contribution in [2.75, 3.05) is 21.3 Å². The summed E-state index contributed by atoms with van der Waals surface area (Å²) in [5, 5.41) is 3.78. The summed E-state index contributed by atoms with van der Waals surface area (Å²) in [6, 6.07) is 5.10. The lowest BCUT2D eigenvalue weighted by molar-refractivity contribution is -0.132. The Morgan fingerprint density at radius 2 is 1.96 bits per heavy atom. The van der Waals surface area contributed by atoms with Gasteiger partial charge in [-0.2, -0.15) is 0 Å². The minimum Gasteiger partial charge on any atom is -0.493 e. The van der Waals surface area contributed by atoms with Crippen LogP contribution in [0.3, 0.4) is 0 Å². The van der Waals surface area contributed by atoms with Gasteiger partial charge in [0.1, 0.15) is 6.54 Å². The molecule has 0 spiro atoms. The Morgan fingerprint density at radius 3 is 2.54 bits per heavy atom. The fraction of sp³-hybridized carbons (Fsp3) is 0.438. The first kappa shape index (κ1) is 17.6. The van der Waals surface area contributed by atoms with E-state index in [1.807, 2.05) is 13.8 Å². The number of nitrogens with zero attached hydrogens (tertiary/aromatic N) is 3. The zero-order valence-electron chi connectivity index (χ0n) is 14.4. The first-order chi connectivity index (χ1) is 11.4. The first-order valence-corrected chi connectivity index (χ1v) is 7.43. The molecule has 2 rings (SSSR count). The quantitative estimate of drug-likeness (QED) is 0.793. The Balaban J connectivity index is 2.40. The third-order valence-electron chi connectivity index (χ3n) is 3.79. The van der Waals surface area contributed by atoms with Crippen LogP contribution in [0, 0.1) is 0 Å². The van der Waals surface area contributed by atoms with Gasteiger partial charge in [-0.1, -0.05) is 5.16 Å². The molecule has 0 saturated heterocycles. The number of likely N-dealkylation sites (N-methyl/N-ethyl adjacent to an activating group) is 1. The molecule has 0 aliphatic rings. The molecule has 1 aromatic carbocycles. The predicted octanol–water partition coefficient (Wildman–Crippen LogP) is 1.39. The van der Waals surface area contributed by atoms with Gasteiger partial charge in [0.15, 0.2) is 17.3 Å². The Kier molecular flexibility index (Phi) is 5.28. The monoisotopic (exact) mass is 335 g/mol. The molecule has 0 radical (unpaired) electrons. The van der Waals surface area contributed by atoms with Crippen molar-refractivity contribution >= 4 is 5.91 Å². The molecule has 0 atom stereocenters. The number of ether oxygens (including phenoxy) is 2. The molecule has 1 amide bonds. The summed E-state index contributed by atoms with van der Waals surface area (Å²) >= 11 is 0. The van der Waals surface area contributed by atoms with Crippen LogP contribution in [-0.2, 0) is 11.3 Å². The second-order valence-corrected chi connectivity index (χ2v) is 5.53. The molecule has 0 aliphatic heterocycles. The lowest BCUT2D eigenvalue weighted by atomic mass is 10.2. The average Bonchev–Trinajstić information content (AvgIpc) is 2.94. The molecule has 0 fully saturated rings. The number of aromatic nitrogens is 2. The molecule has 8 heteroatoms. The van der Waals surface area contributed by atoms with Crippen LogP contribution in [0.1, 0.15) is 13.8 Å². The van der Waals surface area contributed by atoms with E-state index in [9.17, 15) is 9.59 Å². The summed E-state index contributed by atoms with van der Waals surface area (Å²) < 4.78 is 16.4. The van der Waals surface area contributed by atoms with Gasteiger partial charge in [-0.3, -0.25) is 9.32 Å². The third kappa shape index (κ3) is 3.42. The lowest BCUT2D eigenvalue weighted by Gasteiger charge is -2.21. The molecular formula is C16H21N3O5. The smallest absolute Gasteiger partial charge is 0.442 e. The maximum absolute atomic E-state index is 12.3. The summed E-state index contributed by atoms with van der Waals surface area (Å²) in [5.41, 5.74) is 0.582. The van der Waals surface area contributed by atoms with Crippen LogP contribution in [-0.4, -0.2) is 47.8 Å². The van der Waals surface area contributed by atoms with Crippen LogP contribution in [0.4, 0.5) is 0 Å².